The second kappa shape index (κ2) is 11.8. The van der Waals surface area contributed by atoms with Crippen LogP contribution in [-0.2, 0) is 4.74 Å². The van der Waals surface area contributed by atoms with Crippen LogP contribution in [0.25, 0.3) is 10.9 Å². The van der Waals surface area contributed by atoms with Crippen molar-refractivity contribution in [2.45, 2.75) is 121 Å². The molecule has 3 fully saturated rings. The molecule has 7 rings (SSSR count). The highest BCUT2D eigenvalue weighted by molar-refractivity contribution is 6.76. The third kappa shape index (κ3) is 6.70. The van der Waals surface area contributed by atoms with Crippen molar-refractivity contribution in [1.82, 2.24) is 0 Å². The van der Waals surface area contributed by atoms with Crippen molar-refractivity contribution in [3.63, 3.8) is 0 Å². The Morgan fingerprint density at radius 2 is 1.49 bits per heavy atom. The molecule has 0 N–H and O–H groups in total. The molecule has 4 nitrogen and oxygen atoms in total. The first kappa shape index (κ1) is 32.1. The molecule has 1 aromatic carbocycles. The number of anilines is 1. The number of rotatable bonds is 7. The van der Waals surface area contributed by atoms with Crippen LogP contribution in [0, 0.1) is 28.7 Å². The summed E-state index contributed by atoms with van der Waals surface area (Å²) in [6.45, 7) is 27.6. The van der Waals surface area contributed by atoms with Gasteiger partial charge in [0.1, 0.15) is 11.5 Å². The fraction of sp³-hybridized carbons (Fsp3) is 0.590. The number of hydrogen-bond donors (Lipinski definition) is 0. The maximum atomic E-state index is 9.80. The topological polar surface area (TPSA) is 40.6 Å². The second-order valence-electron chi connectivity index (χ2n) is 17.6. The lowest BCUT2D eigenvalue weighted by atomic mass is 9.53. The Morgan fingerprint density at radius 3 is 1.98 bits per heavy atom. The number of allylic oxidation sites excluding steroid dienone is 6. The standard InChI is InChI=1S/C39H53N3OSi2/c1-38-13-16-39(17-14-38,18-15-38)36-24-31(35(25-40)41-2)23-32(43-36)10-9-28-21-33-29(26-44(3,4)5)11-19-42-20-12-30(27-45(6,7)8)34(22-28)37(33)42/h9-10,21-24,29-30H,11-20,26-27H2,1,3-8H3/b10-9+,35-31+. The van der Waals surface area contributed by atoms with Crippen LogP contribution in [0.15, 0.2) is 53.1 Å². The largest absolute Gasteiger partial charge is 0.461 e. The number of nitrogens with zero attached hydrogens (tertiary/aromatic N) is 3. The molecule has 0 amide bonds. The van der Waals surface area contributed by atoms with Gasteiger partial charge >= 0.3 is 0 Å². The van der Waals surface area contributed by atoms with Gasteiger partial charge in [-0.3, -0.25) is 0 Å². The summed E-state index contributed by atoms with van der Waals surface area (Å²) in [5, 5.41) is 9.80. The zero-order valence-corrected chi connectivity index (χ0v) is 30.9. The van der Waals surface area contributed by atoms with Crippen molar-refractivity contribution in [3.05, 3.63) is 81.3 Å². The van der Waals surface area contributed by atoms with Gasteiger partial charge < -0.3 is 9.64 Å². The molecule has 3 aliphatic heterocycles. The first-order chi connectivity index (χ1) is 21.2. The molecule has 2 unspecified atom stereocenters. The highest BCUT2D eigenvalue weighted by atomic mass is 28.3. The Morgan fingerprint density at radius 1 is 0.933 bits per heavy atom. The molecule has 2 atom stereocenters. The van der Waals surface area contributed by atoms with Gasteiger partial charge in [0.25, 0.3) is 5.70 Å². The predicted octanol–water partition coefficient (Wildman–Crippen LogP) is 11.0. The molecule has 1 aromatic rings. The molecule has 0 spiro atoms. The Hall–Kier alpha value is -2.81. The van der Waals surface area contributed by atoms with Crippen LogP contribution in [0.5, 0.6) is 0 Å². The van der Waals surface area contributed by atoms with E-state index in [0.29, 0.717) is 22.8 Å². The summed E-state index contributed by atoms with van der Waals surface area (Å²) in [5.74, 6) is 2.99. The van der Waals surface area contributed by atoms with Crippen molar-refractivity contribution in [1.29, 1.82) is 5.26 Å². The fourth-order valence-electron chi connectivity index (χ4n) is 9.04. The molecule has 3 saturated carbocycles. The second-order valence-corrected chi connectivity index (χ2v) is 28.7. The number of ether oxygens (including phenoxy) is 1. The van der Waals surface area contributed by atoms with E-state index in [9.17, 15) is 5.26 Å². The van der Waals surface area contributed by atoms with Crippen molar-refractivity contribution in [3.8, 4) is 6.07 Å². The summed E-state index contributed by atoms with van der Waals surface area (Å²) in [4.78, 5) is 6.29. The molecule has 45 heavy (non-hydrogen) atoms. The average Bonchev–Trinajstić information content (AvgIpc) is 2.98. The molecule has 2 bridgehead atoms. The summed E-state index contributed by atoms with van der Waals surface area (Å²) in [5.41, 5.74) is 7.31. The van der Waals surface area contributed by atoms with Crippen LogP contribution >= 0.6 is 0 Å². The van der Waals surface area contributed by atoms with E-state index in [0.717, 1.165) is 30.8 Å². The lowest BCUT2D eigenvalue weighted by Gasteiger charge is -2.52. The highest BCUT2D eigenvalue weighted by Gasteiger charge is 2.49. The maximum Gasteiger partial charge on any atom is 0.269 e. The van der Waals surface area contributed by atoms with Gasteiger partial charge in [0.15, 0.2) is 0 Å². The van der Waals surface area contributed by atoms with E-state index in [-0.39, 0.29) is 11.1 Å². The van der Waals surface area contributed by atoms with E-state index in [1.165, 1.54) is 62.8 Å². The van der Waals surface area contributed by atoms with Gasteiger partial charge in [0, 0.05) is 40.3 Å². The zero-order chi connectivity index (χ0) is 32.2. The molecule has 6 heteroatoms. The van der Waals surface area contributed by atoms with E-state index in [2.05, 4.69) is 86.3 Å². The minimum atomic E-state index is -1.25. The summed E-state index contributed by atoms with van der Waals surface area (Å²) >= 11 is 0. The Balaban J connectivity index is 1.38. The summed E-state index contributed by atoms with van der Waals surface area (Å²) in [6, 6.07) is 9.80. The lowest BCUT2D eigenvalue weighted by Crippen LogP contribution is -2.41. The maximum absolute atomic E-state index is 9.80. The molecule has 6 aliphatic rings. The Labute approximate surface area is 274 Å². The van der Waals surface area contributed by atoms with Crippen LogP contribution in [0.2, 0.25) is 51.4 Å². The highest BCUT2D eigenvalue weighted by Crippen LogP contribution is 2.60. The lowest BCUT2D eigenvalue weighted by molar-refractivity contribution is -0.00270. The first-order valence-corrected chi connectivity index (χ1v) is 24.9. The molecule has 0 aromatic heterocycles. The van der Waals surface area contributed by atoms with Gasteiger partial charge in [-0.25, -0.2) is 10.1 Å². The first-order valence-electron chi connectivity index (χ1n) is 17.4. The van der Waals surface area contributed by atoms with Crippen LogP contribution in [0.4, 0.5) is 5.69 Å². The summed E-state index contributed by atoms with van der Waals surface area (Å²) < 4.78 is 6.73. The van der Waals surface area contributed by atoms with Crippen molar-refractivity contribution >= 4 is 27.9 Å². The van der Waals surface area contributed by atoms with Crippen LogP contribution in [0.3, 0.4) is 0 Å². The number of hydrogen-bond acceptors (Lipinski definition) is 3. The van der Waals surface area contributed by atoms with E-state index < -0.39 is 16.1 Å². The van der Waals surface area contributed by atoms with Crippen LogP contribution < -0.4 is 4.90 Å². The molecular weight excluding hydrogens is 583 g/mol. The molecule has 3 heterocycles. The molecule has 3 aliphatic carbocycles. The van der Waals surface area contributed by atoms with E-state index in [4.69, 9.17) is 11.3 Å². The monoisotopic (exact) mass is 635 g/mol. The minimum Gasteiger partial charge on any atom is -0.461 e. The van der Waals surface area contributed by atoms with Gasteiger partial charge in [0.2, 0.25) is 0 Å². The van der Waals surface area contributed by atoms with Crippen LogP contribution in [-0.4, -0.2) is 29.2 Å². The van der Waals surface area contributed by atoms with Gasteiger partial charge in [-0.05, 0) is 121 Å². The number of nitriles is 1. The Kier molecular flexibility index (Phi) is 8.41. The molecule has 0 saturated heterocycles. The zero-order valence-electron chi connectivity index (χ0n) is 28.9. The van der Waals surface area contributed by atoms with E-state index in [1.807, 2.05) is 12.2 Å². The summed E-state index contributed by atoms with van der Waals surface area (Å²) in [7, 11) is -2.49. The smallest absolute Gasteiger partial charge is 0.269 e. The molecule has 0 radical (unpaired) electrons. The van der Waals surface area contributed by atoms with Crippen molar-refractivity contribution in [2.75, 3.05) is 18.0 Å². The number of benzene rings is 1. The van der Waals surface area contributed by atoms with Gasteiger partial charge in [-0.2, -0.15) is 0 Å². The van der Waals surface area contributed by atoms with Crippen LogP contribution in [0.1, 0.15) is 86.8 Å². The predicted molar refractivity (Wildman–Crippen MR) is 193 cm³/mol. The third-order valence-electron chi connectivity index (χ3n) is 11.5. The van der Waals surface area contributed by atoms with Gasteiger partial charge in [-0.15, -0.1) is 0 Å². The van der Waals surface area contributed by atoms with Gasteiger partial charge in [-0.1, -0.05) is 64.4 Å². The van der Waals surface area contributed by atoms with Gasteiger partial charge in [0.05, 0.1) is 12.6 Å². The quantitative estimate of drug-likeness (QED) is 0.170. The number of fused-ring (bicyclic) bond motifs is 3. The van der Waals surface area contributed by atoms with Crippen molar-refractivity contribution in [2.24, 2.45) is 10.8 Å². The fourth-order valence-corrected chi connectivity index (χ4v) is 12.8. The SMILES string of the molecule is [C-]#[N+]/C(C#N)=C1C=C(/C=C/c2cc3c4c(c2)C(C[Si](C)(C)C)CCN4CCC3C[Si](C)(C)C)OC(C23CCC(C)(CC2)CC3)=C\1. The normalized spacial score (nSPS) is 30.6. The molecule has 238 valence electrons. The minimum absolute atomic E-state index is 0.0204. The van der Waals surface area contributed by atoms with Crippen molar-refractivity contribution < 1.29 is 4.74 Å². The third-order valence-corrected chi connectivity index (χ3v) is 14.9. The summed E-state index contributed by atoms with van der Waals surface area (Å²) in [6.07, 6.45) is 17.8. The molecular formula is C39H53N3OSi2. The average molecular weight is 636 g/mol. The van der Waals surface area contributed by atoms with E-state index in [1.54, 1.807) is 16.8 Å². The van der Waals surface area contributed by atoms with E-state index >= 15 is 0 Å². The Bertz CT molecular complexity index is 1480.